The highest BCUT2D eigenvalue weighted by molar-refractivity contribution is 6.21. The second kappa shape index (κ2) is 3.21. The smallest absolute Gasteiger partial charge is 0.308 e. The van der Waals surface area contributed by atoms with Crippen LogP contribution in [0.25, 0.3) is 0 Å². The predicted octanol–water partition coefficient (Wildman–Crippen LogP) is 0.903. The van der Waals surface area contributed by atoms with Gasteiger partial charge in [0.2, 0.25) is 0 Å². The monoisotopic (exact) mass is 164 g/mol. The molecule has 0 amide bonds. The Bertz CT molecular complexity index is 137. The summed E-state index contributed by atoms with van der Waals surface area (Å²) in [6.07, 6.45) is 0.169. The first-order valence-electron chi connectivity index (χ1n) is 3.19. The van der Waals surface area contributed by atoms with Crippen molar-refractivity contribution in [2.75, 3.05) is 6.61 Å². The van der Waals surface area contributed by atoms with Crippen molar-refractivity contribution < 1.29 is 14.3 Å². The standard InChI is InChI=1S/C6H9ClO3/c1-2-9-5(8)3-4-6(7)10-4/h4,6H,2-3H2,1H3. The number of esters is 1. The van der Waals surface area contributed by atoms with Gasteiger partial charge in [0.15, 0.2) is 5.56 Å². The molecule has 1 aliphatic rings. The van der Waals surface area contributed by atoms with Gasteiger partial charge in [0, 0.05) is 0 Å². The second-order valence-corrected chi connectivity index (χ2v) is 2.46. The minimum atomic E-state index is -0.274. The quantitative estimate of drug-likeness (QED) is 0.354. The maximum atomic E-state index is 10.7. The number of epoxide rings is 1. The molecule has 1 aliphatic heterocycles. The van der Waals surface area contributed by atoms with Crippen molar-refractivity contribution in [2.45, 2.75) is 25.0 Å². The van der Waals surface area contributed by atoms with E-state index in [-0.39, 0.29) is 24.1 Å². The SMILES string of the molecule is CCOC(=O)CC1OC1Cl. The molecule has 0 saturated carbocycles. The van der Waals surface area contributed by atoms with Crippen LogP contribution in [0, 0.1) is 0 Å². The third-order valence-electron chi connectivity index (χ3n) is 1.19. The van der Waals surface area contributed by atoms with Gasteiger partial charge in [-0.15, -0.1) is 0 Å². The van der Waals surface area contributed by atoms with Crippen LogP contribution in [0.1, 0.15) is 13.3 Å². The molecule has 1 fully saturated rings. The molecule has 2 atom stereocenters. The van der Waals surface area contributed by atoms with Crippen LogP contribution in [0.15, 0.2) is 0 Å². The molecular weight excluding hydrogens is 156 g/mol. The van der Waals surface area contributed by atoms with Crippen LogP contribution in [-0.4, -0.2) is 24.2 Å². The summed E-state index contributed by atoms with van der Waals surface area (Å²) in [5.41, 5.74) is -0.274. The molecule has 0 aromatic carbocycles. The molecule has 1 saturated heterocycles. The lowest BCUT2D eigenvalue weighted by molar-refractivity contribution is -0.143. The number of halogens is 1. The maximum absolute atomic E-state index is 10.7. The molecule has 1 rings (SSSR count). The molecule has 0 aromatic rings. The van der Waals surface area contributed by atoms with Crippen LogP contribution in [0.5, 0.6) is 0 Å². The summed E-state index contributed by atoms with van der Waals surface area (Å²) < 4.78 is 9.46. The molecule has 0 aliphatic carbocycles. The average Bonchev–Trinajstić information content (AvgIpc) is 2.47. The van der Waals surface area contributed by atoms with E-state index in [0.29, 0.717) is 6.61 Å². The van der Waals surface area contributed by atoms with Crippen molar-refractivity contribution in [3.8, 4) is 0 Å². The van der Waals surface area contributed by atoms with Gasteiger partial charge < -0.3 is 9.47 Å². The van der Waals surface area contributed by atoms with Crippen molar-refractivity contribution in [3.63, 3.8) is 0 Å². The molecule has 10 heavy (non-hydrogen) atoms. The van der Waals surface area contributed by atoms with E-state index in [1.54, 1.807) is 6.92 Å². The lowest BCUT2D eigenvalue weighted by atomic mass is 10.3. The fraction of sp³-hybridized carbons (Fsp3) is 0.833. The Balaban J connectivity index is 2.07. The molecule has 2 unspecified atom stereocenters. The minimum Gasteiger partial charge on any atom is -0.466 e. The largest absolute Gasteiger partial charge is 0.466 e. The Kier molecular flexibility index (Phi) is 2.51. The van der Waals surface area contributed by atoms with E-state index in [2.05, 4.69) is 4.74 Å². The Morgan fingerprint density at radius 1 is 1.80 bits per heavy atom. The van der Waals surface area contributed by atoms with Gasteiger partial charge in [0.1, 0.15) is 6.10 Å². The van der Waals surface area contributed by atoms with E-state index in [4.69, 9.17) is 16.3 Å². The third kappa shape index (κ3) is 2.15. The van der Waals surface area contributed by atoms with E-state index in [1.807, 2.05) is 0 Å². The molecule has 0 radical (unpaired) electrons. The number of rotatable bonds is 3. The van der Waals surface area contributed by atoms with Gasteiger partial charge in [0.05, 0.1) is 13.0 Å². The number of alkyl halides is 1. The summed E-state index contributed by atoms with van der Waals surface area (Å²) in [5.74, 6) is -0.240. The van der Waals surface area contributed by atoms with Crippen molar-refractivity contribution in [1.29, 1.82) is 0 Å². The summed E-state index contributed by atoms with van der Waals surface area (Å²) in [7, 11) is 0. The van der Waals surface area contributed by atoms with Gasteiger partial charge >= 0.3 is 5.97 Å². The molecule has 0 bridgehead atoms. The number of carbonyl (C=O) groups is 1. The molecule has 0 spiro atoms. The van der Waals surface area contributed by atoms with Crippen LogP contribution in [-0.2, 0) is 14.3 Å². The Labute approximate surface area is 64.3 Å². The van der Waals surface area contributed by atoms with Gasteiger partial charge in [-0.1, -0.05) is 11.6 Å². The molecule has 58 valence electrons. The van der Waals surface area contributed by atoms with E-state index in [9.17, 15) is 4.79 Å². The summed E-state index contributed by atoms with van der Waals surface area (Å²) >= 11 is 5.47. The second-order valence-electron chi connectivity index (χ2n) is 2.03. The van der Waals surface area contributed by atoms with Gasteiger partial charge in [-0.25, -0.2) is 0 Å². The normalized spacial score (nSPS) is 29.8. The zero-order chi connectivity index (χ0) is 7.56. The van der Waals surface area contributed by atoms with Crippen LogP contribution < -0.4 is 0 Å². The summed E-state index contributed by atoms with van der Waals surface area (Å²) in [4.78, 5) is 10.7. The summed E-state index contributed by atoms with van der Waals surface area (Å²) in [5, 5.41) is 0. The number of hydrogen-bond acceptors (Lipinski definition) is 3. The van der Waals surface area contributed by atoms with Gasteiger partial charge in [0.25, 0.3) is 0 Å². The maximum Gasteiger partial charge on any atom is 0.308 e. The van der Waals surface area contributed by atoms with Crippen LogP contribution in [0.2, 0.25) is 0 Å². The van der Waals surface area contributed by atoms with Gasteiger partial charge in [-0.3, -0.25) is 4.79 Å². The van der Waals surface area contributed by atoms with Crippen molar-refractivity contribution in [3.05, 3.63) is 0 Å². The Hall–Kier alpha value is -0.280. The van der Waals surface area contributed by atoms with Crippen molar-refractivity contribution in [1.82, 2.24) is 0 Å². The fourth-order valence-electron chi connectivity index (χ4n) is 0.647. The predicted molar refractivity (Wildman–Crippen MR) is 35.8 cm³/mol. The highest BCUT2D eigenvalue weighted by atomic mass is 35.5. The minimum absolute atomic E-state index is 0.110. The number of hydrogen-bond donors (Lipinski definition) is 0. The number of carbonyl (C=O) groups excluding carboxylic acids is 1. The fourth-order valence-corrected chi connectivity index (χ4v) is 0.868. The van der Waals surface area contributed by atoms with E-state index in [1.165, 1.54) is 0 Å². The molecule has 0 N–H and O–H groups in total. The third-order valence-corrected chi connectivity index (χ3v) is 1.58. The van der Waals surface area contributed by atoms with Crippen LogP contribution >= 0.6 is 11.6 Å². The lowest BCUT2D eigenvalue weighted by Crippen LogP contribution is -2.07. The molecule has 3 nitrogen and oxygen atoms in total. The highest BCUT2D eigenvalue weighted by Gasteiger charge is 2.38. The molecule has 0 aromatic heterocycles. The van der Waals surface area contributed by atoms with Gasteiger partial charge in [-0.05, 0) is 6.92 Å². The molecule has 1 heterocycles. The lowest BCUT2D eigenvalue weighted by Gasteiger charge is -1.96. The zero-order valence-electron chi connectivity index (χ0n) is 5.67. The van der Waals surface area contributed by atoms with E-state index >= 15 is 0 Å². The average molecular weight is 165 g/mol. The molecular formula is C6H9ClO3. The summed E-state index contributed by atoms with van der Waals surface area (Å²) in [6.45, 7) is 2.18. The Morgan fingerprint density at radius 2 is 2.40 bits per heavy atom. The van der Waals surface area contributed by atoms with Crippen LogP contribution in [0.4, 0.5) is 0 Å². The van der Waals surface area contributed by atoms with E-state index in [0.717, 1.165) is 0 Å². The topological polar surface area (TPSA) is 38.8 Å². The van der Waals surface area contributed by atoms with Gasteiger partial charge in [-0.2, -0.15) is 0 Å². The first-order chi connectivity index (χ1) is 4.74. The van der Waals surface area contributed by atoms with Crippen molar-refractivity contribution in [2.24, 2.45) is 0 Å². The van der Waals surface area contributed by atoms with Crippen LogP contribution in [0.3, 0.4) is 0 Å². The van der Waals surface area contributed by atoms with Crippen molar-refractivity contribution >= 4 is 17.6 Å². The summed E-state index contributed by atoms with van der Waals surface area (Å²) in [6, 6.07) is 0. The first-order valence-corrected chi connectivity index (χ1v) is 3.63. The zero-order valence-corrected chi connectivity index (χ0v) is 6.43. The molecule has 4 heteroatoms. The highest BCUT2D eigenvalue weighted by Crippen LogP contribution is 2.28. The Morgan fingerprint density at radius 3 is 2.80 bits per heavy atom. The number of ether oxygens (including phenoxy) is 2. The van der Waals surface area contributed by atoms with E-state index < -0.39 is 0 Å². The first kappa shape index (κ1) is 7.82.